The number of amides is 2. The zero-order valence-electron chi connectivity index (χ0n) is 9.70. The minimum Gasteiger partial charge on any atom is -0.481 e. The van der Waals surface area contributed by atoms with E-state index in [1.54, 1.807) is 0 Å². The number of nitrogens with zero attached hydrogens (tertiary/aromatic N) is 1. The van der Waals surface area contributed by atoms with Gasteiger partial charge in [0.2, 0.25) is 0 Å². The number of rotatable bonds is 7. The molecule has 0 aromatic rings. The second-order valence-corrected chi connectivity index (χ2v) is 4.09. The lowest BCUT2D eigenvalue weighted by Gasteiger charge is -2.23. The van der Waals surface area contributed by atoms with Crippen LogP contribution in [0.15, 0.2) is 0 Å². The van der Waals surface area contributed by atoms with Gasteiger partial charge in [0.1, 0.15) is 6.04 Å². The van der Waals surface area contributed by atoms with Crippen LogP contribution in [0.1, 0.15) is 19.3 Å². The molecule has 1 rings (SSSR count). The van der Waals surface area contributed by atoms with E-state index in [1.165, 1.54) is 4.90 Å². The first kappa shape index (κ1) is 14.2. The van der Waals surface area contributed by atoms with Crippen LogP contribution in [0.3, 0.4) is 0 Å². The van der Waals surface area contributed by atoms with Crippen molar-refractivity contribution in [1.82, 2.24) is 10.2 Å². The fourth-order valence-electron chi connectivity index (χ4n) is 1.55. The van der Waals surface area contributed by atoms with Crippen molar-refractivity contribution in [2.75, 3.05) is 13.2 Å². The summed E-state index contributed by atoms with van der Waals surface area (Å²) in [5.41, 5.74) is 0. The summed E-state index contributed by atoms with van der Waals surface area (Å²) < 4.78 is 0. The van der Waals surface area contributed by atoms with Crippen molar-refractivity contribution in [2.45, 2.75) is 31.3 Å². The molecular formula is C10H16N2O6. The normalized spacial score (nSPS) is 15.8. The molecule has 0 aliphatic heterocycles. The highest BCUT2D eigenvalue weighted by Gasteiger charge is 2.34. The van der Waals surface area contributed by atoms with E-state index in [0.29, 0.717) is 0 Å². The van der Waals surface area contributed by atoms with E-state index in [2.05, 4.69) is 5.32 Å². The van der Waals surface area contributed by atoms with E-state index in [0.717, 1.165) is 12.8 Å². The molecule has 8 nitrogen and oxygen atoms in total. The molecule has 0 saturated heterocycles. The molecule has 0 heterocycles. The van der Waals surface area contributed by atoms with Crippen molar-refractivity contribution in [3.05, 3.63) is 0 Å². The van der Waals surface area contributed by atoms with Crippen LogP contribution < -0.4 is 5.32 Å². The van der Waals surface area contributed by atoms with Crippen LogP contribution in [0.5, 0.6) is 0 Å². The molecule has 102 valence electrons. The molecule has 18 heavy (non-hydrogen) atoms. The Labute approximate surface area is 103 Å². The van der Waals surface area contributed by atoms with E-state index in [1.807, 2.05) is 0 Å². The Morgan fingerprint density at radius 2 is 1.89 bits per heavy atom. The Kier molecular flexibility index (Phi) is 4.90. The quantitative estimate of drug-likeness (QED) is 0.469. The highest BCUT2D eigenvalue weighted by atomic mass is 16.4. The Balaban J connectivity index is 2.58. The smallest absolute Gasteiger partial charge is 0.326 e. The number of hydrogen-bond donors (Lipinski definition) is 4. The van der Waals surface area contributed by atoms with Gasteiger partial charge in [-0.1, -0.05) is 0 Å². The molecule has 4 N–H and O–H groups in total. The van der Waals surface area contributed by atoms with Gasteiger partial charge in [-0.2, -0.15) is 0 Å². The third-order valence-electron chi connectivity index (χ3n) is 2.56. The number of carboxylic acid groups (broad SMARTS) is 2. The molecular weight excluding hydrogens is 244 g/mol. The zero-order valence-corrected chi connectivity index (χ0v) is 9.70. The third-order valence-corrected chi connectivity index (χ3v) is 2.56. The van der Waals surface area contributed by atoms with Gasteiger partial charge in [0, 0.05) is 12.6 Å². The molecule has 1 fully saturated rings. The summed E-state index contributed by atoms with van der Waals surface area (Å²) in [6, 6.07) is -2.11. The Morgan fingerprint density at radius 3 is 2.28 bits per heavy atom. The van der Waals surface area contributed by atoms with Gasteiger partial charge >= 0.3 is 18.0 Å². The summed E-state index contributed by atoms with van der Waals surface area (Å²) in [5, 5.41) is 28.3. The molecule has 8 heteroatoms. The van der Waals surface area contributed by atoms with Crippen LogP contribution in [-0.2, 0) is 9.59 Å². The summed E-state index contributed by atoms with van der Waals surface area (Å²) in [7, 11) is 0. The average Bonchev–Trinajstić information content (AvgIpc) is 3.07. The summed E-state index contributed by atoms with van der Waals surface area (Å²) in [6.45, 7) is -0.115. The van der Waals surface area contributed by atoms with E-state index >= 15 is 0 Å². The topological polar surface area (TPSA) is 127 Å². The molecule has 1 saturated carbocycles. The molecule has 0 radical (unpaired) electrons. The number of carbonyl (C=O) groups excluding carboxylic acids is 1. The predicted octanol–water partition coefficient (Wildman–Crippen LogP) is -0.919. The van der Waals surface area contributed by atoms with Gasteiger partial charge in [-0.25, -0.2) is 9.59 Å². The van der Waals surface area contributed by atoms with Crippen LogP contribution in [0.2, 0.25) is 0 Å². The minimum atomic E-state index is -1.46. The van der Waals surface area contributed by atoms with Crippen LogP contribution in [0, 0.1) is 0 Å². The van der Waals surface area contributed by atoms with E-state index in [9.17, 15) is 14.4 Å². The minimum absolute atomic E-state index is 0.0106. The van der Waals surface area contributed by atoms with Crippen molar-refractivity contribution in [3.63, 3.8) is 0 Å². The van der Waals surface area contributed by atoms with Crippen LogP contribution in [0.4, 0.5) is 4.79 Å². The van der Waals surface area contributed by atoms with Crippen LogP contribution in [-0.4, -0.2) is 63.4 Å². The van der Waals surface area contributed by atoms with E-state index in [-0.39, 0.29) is 19.2 Å². The number of nitrogens with one attached hydrogen (secondary N) is 1. The van der Waals surface area contributed by atoms with Crippen molar-refractivity contribution >= 4 is 18.0 Å². The number of hydrogen-bond acceptors (Lipinski definition) is 4. The van der Waals surface area contributed by atoms with E-state index < -0.39 is 30.4 Å². The van der Waals surface area contributed by atoms with Gasteiger partial charge in [-0.15, -0.1) is 0 Å². The van der Waals surface area contributed by atoms with Crippen molar-refractivity contribution in [1.29, 1.82) is 0 Å². The number of aliphatic carboxylic acids is 2. The second-order valence-electron chi connectivity index (χ2n) is 4.09. The molecule has 0 aromatic heterocycles. The molecule has 2 amide bonds. The third kappa shape index (κ3) is 4.21. The maximum Gasteiger partial charge on any atom is 0.326 e. The van der Waals surface area contributed by atoms with E-state index in [4.69, 9.17) is 15.3 Å². The van der Waals surface area contributed by atoms with Crippen molar-refractivity contribution in [2.24, 2.45) is 0 Å². The Bertz CT molecular complexity index is 341. The molecule has 1 aliphatic carbocycles. The molecule has 0 bridgehead atoms. The maximum absolute atomic E-state index is 11.8. The fraction of sp³-hybridized carbons (Fsp3) is 0.700. The maximum atomic E-state index is 11.8. The summed E-state index contributed by atoms with van der Waals surface area (Å²) in [6.07, 6.45) is 0.937. The molecule has 0 unspecified atom stereocenters. The van der Waals surface area contributed by atoms with Gasteiger partial charge in [0.15, 0.2) is 0 Å². The Morgan fingerprint density at radius 1 is 1.28 bits per heavy atom. The zero-order chi connectivity index (χ0) is 13.7. The number of urea groups is 1. The second kappa shape index (κ2) is 6.20. The Hall–Kier alpha value is -1.83. The summed E-state index contributed by atoms with van der Waals surface area (Å²) >= 11 is 0. The van der Waals surface area contributed by atoms with Crippen molar-refractivity contribution in [3.8, 4) is 0 Å². The van der Waals surface area contributed by atoms with Gasteiger partial charge in [-0.3, -0.25) is 4.79 Å². The van der Waals surface area contributed by atoms with Crippen molar-refractivity contribution < 1.29 is 29.7 Å². The summed E-state index contributed by atoms with van der Waals surface area (Å²) in [5.74, 6) is -2.70. The first-order valence-electron chi connectivity index (χ1n) is 5.58. The highest BCUT2D eigenvalue weighted by molar-refractivity contribution is 5.86. The monoisotopic (exact) mass is 260 g/mol. The number of aliphatic hydroxyl groups is 1. The number of carboxylic acids is 2. The average molecular weight is 260 g/mol. The van der Waals surface area contributed by atoms with Gasteiger partial charge in [0.05, 0.1) is 13.0 Å². The fourth-order valence-corrected chi connectivity index (χ4v) is 1.55. The number of aliphatic hydroxyl groups excluding tert-OH is 1. The predicted molar refractivity (Wildman–Crippen MR) is 59.0 cm³/mol. The first-order valence-corrected chi connectivity index (χ1v) is 5.58. The summed E-state index contributed by atoms with van der Waals surface area (Å²) in [4.78, 5) is 34.3. The molecule has 1 atom stereocenters. The van der Waals surface area contributed by atoms with Gasteiger partial charge in [-0.05, 0) is 12.8 Å². The highest BCUT2D eigenvalue weighted by Crippen LogP contribution is 2.26. The first-order chi connectivity index (χ1) is 8.45. The lowest BCUT2D eigenvalue weighted by Crippen LogP contribution is -2.50. The number of carbonyl (C=O) groups is 3. The lowest BCUT2D eigenvalue weighted by molar-refractivity contribution is -0.145. The molecule has 0 spiro atoms. The largest absolute Gasteiger partial charge is 0.481 e. The SMILES string of the molecule is O=C(O)C[C@@H](NC(=O)N(CCO)C1CC1)C(=O)O. The van der Waals surface area contributed by atoms with Crippen LogP contribution in [0.25, 0.3) is 0 Å². The van der Waals surface area contributed by atoms with Crippen LogP contribution >= 0.6 is 0 Å². The van der Waals surface area contributed by atoms with Gasteiger partial charge in [0.25, 0.3) is 0 Å². The standard InChI is InChI=1S/C10H16N2O6/c13-4-3-12(6-1-2-6)10(18)11-7(9(16)17)5-8(14)15/h6-7,13H,1-5H2,(H,11,18)(H,14,15)(H,16,17)/t7-/m1/s1. The van der Waals surface area contributed by atoms with Gasteiger partial charge < -0.3 is 25.5 Å². The molecule has 0 aromatic carbocycles. The molecule has 1 aliphatic rings. The lowest BCUT2D eigenvalue weighted by atomic mass is 10.2.